The van der Waals surface area contributed by atoms with Crippen LogP contribution in [0.4, 0.5) is 0 Å². The third kappa shape index (κ3) is 3.31. The first-order valence-corrected chi connectivity index (χ1v) is 10.9. The van der Waals surface area contributed by atoms with E-state index in [1.165, 1.54) is 0 Å². The highest BCUT2D eigenvalue weighted by Gasteiger charge is 2.60. The lowest BCUT2D eigenvalue weighted by Crippen LogP contribution is -2.50. The normalized spacial score (nSPS) is 31.0. The molecule has 7 nitrogen and oxygen atoms in total. The molecule has 0 aromatic carbocycles. The summed E-state index contributed by atoms with van der Waals surface area (Å²) in [6.45, 7) is 8.82. The Hall–Kier alpha value is -1.63. The zero-order chi connectivity index (χ0) is 19.9. The second kappa shape index (κ2) is 7.65. The molecule has 0 aromatic heterocycles. The molecule has 0 aromatic rings. The van der Waals surface area contributed by atoms with Crippen molar-refractivity contribution >= 4 is 17.7 Å². The Balaban J connectivity index is 1.54. The van der Waals surface area contributed by atoms with Gasteiger partial charge in [-0.15, -0.1) is 0 Å². The number of amides is 3. The van der Waals surface area contributed by atoms with Gasteiger partial charge < -0.3 is 19.4 Å². The predicted molar refractivity (Wildman–Crippen MR) is 103 cm³/mol. The highest BCUT2D eigenvalue weighted by Crippen LogP contribution is 2.45. The third-order valence-electron chi connectivity index (χ3n) is 7.12. The molecule has 4 aliphatic rings. The third-order valence-corrected chi connectivity index (χ3v) is 7.12. The largest absolute Gasteiger partial charge is 0.381 e. The first-order chi connectivity index (χ1) is 13.4. The van der Waals surface area contributed by atoms with Crippen molar-refractivity contribution in [1.82, 2.24) is 14.7 Å². The number of ether oxygens (including phenoxy) is 1. The van der Waals surface area contributed by atoms with Crippen molar-refractivity contribution in [2.45, 2.75) is 39.5 Å². The summed E-state index contributed by atoms with van der Waals surface area (Å²) in [5.74, 6) is 0.444. The SMILES string of the molecule is CC(C)C(=O)N1C[C@H]2CN(C(=O)C3CCOCC3)C[C@@]2(C(=O)N2CCCC2)C1. The standard InChI is InChI=1S/C21H33N3O4/c1-15(2)18(25)23-11-17-12-24(19(26)16-5-9-28-10-6-16)14-21(17,13-23)20(27)22-7-3-4-8-22/h15-17H,3-14H2,1-2H3/t17-,21-/m0/s1. The molecule has 0 aliphatic carbocycles. The molecule has 0 unspecified atom stereocenters. The number of likely N-dealkylation sites (tertiary alicyclic amines) is 3. The molecule has 0 saturated carbocycles. The maximum Gasteiger partial charge on any atom is 0.232 e. The van der Waals surface area contributed by atoms with Gasteiger partial charge in [-0.3, -0.25) is 14.4 Å². The van der Waals surface area contributed by atoms with Gasteiger partial charge in [0, 0.05) is 70.2 Å². The van der Waals surface area contributed by atoms with Crippen molar-refractivity contribution in [2.24, 2.45) is 23.2 Å². The van der Waals surface area contributed by atoms with Gasteiger partial charge in [0.25, 0.3) is 0 Å². The van der Waals surface area contributed by atoms with Crippen molar-refractivity contribution in [3.63, 3.8) is 0 Å². The van der Waals surface area contributed by atoms with Crippen LogP contribution < -0.4 is 0 Å². The second-order valence-corrected chi connectivity index (χ2v) is 9.33. The number of hydrogen-bond acceptors (Lipinski definition) is 4. The molecule has 3 amide bonds. The number of carbonyl (C=O) groups is 3. The summed E-state index contributed by atoms with van der Waals surface area (Å²) in [4.78, 5) is 45.1. The smallest absolute Gasteiger partial charge is 0.232 e. The summed E-state index contributed by atoms with van der Waals surface area (Å²) in [6, 6.07) is 0. The first-order valence-electron chi connectivity index (χ1n) is 10.9. The molecular weight excluding hydrogens is 358 g/mol. The summed E-state index contributed by atoms with van der Waals surface area (Å²) < 4.78 is 5.40. The Kier molecular flexibility index (Phi) is 5.38. The minimum atomic E-state index is -0.615. The lowest BCUT2D eigenvalue weighted by Gasteiger charge is -2.33. The van der Waals surface area contributed by atoms with Crippen LogP contribution >= 0.6 is 0 Å². The number of hydrogen-bond donors (Lipinski definition) is 0. The van der Waals surface area contributed by atoms with Gasteiger partial charge in [-0.2, -0.15) is 0 Å². The highest BCUT2D eigenvalue weighted by molar-refractivity contribution is 5.89. The van der Waals surface area contributed by atoms with E-state index in [0.29, 0.717) is 39.4 Å². The summed E-state index contributed by atoms with van der Waals surface area (Å²) in [5, 5.41) is 0. The summed E-state index contributed by atoms with van der Waals surface area (Å²) in [7, 11) is 0. The topological polar surface area (TPSA) is 70.2 Å². The predicted octanol–water partition coefficient (Wildman–Crippen LogP) is 0.978. The first kappa shape index (κ1) is 19.7. The molecule has 4 aliphatic heterocycles. The van der Waals surface area contributed by atoms with Gasteiger partial charge in [0.1, 0.15) is 0 Å². The zero-order valence-corrected chi connectivity index (χ0v) is 17.2. The van der Waals surface area contributed by atoms with Crippen molar-refractivity contribution in [2.75, 3.05) is 52.5 Å². The molecule has 4 heterocycles. The maximum absolute atomic E-state index is 13.6. The Labute approximate surface area is 167 Å². The van der Waals surface area contributed by atoms with E-state index in [1.807, 2.05) is 28.5 Å². The van der Waals surface area contributed by atoms with Crippen LogP contribution in [0.25, 0.3) is 0 Å². The van der Waals surface area contributed by atoms with Crippen LogP contribution in [0, 0.1) is 23.2 Å². The van der Waals surface area contributed by atoms with Crippen molar-refractivity contribution in [3.05, 3.63) is 0 Å². The Bertz CT molecular complexity index is 640. The molecular formula is C21H33N3O4. The monoisotopic (exact) mass is 391 g/mol. The molecule has 4 fully saturated rings. The van der Waals surface area contributed by atoms with Crippen LogP contribution in [-0.4, -0.2) is 84.9 Å². The van der Waals surface area contributed by atoms with Crippen LogP contribution in [0.15, 0.2) is 0 Å². The van der Waals surface area contributed by atoms with Crippen molar-refractivity contribution < 1.29 is 19.1 Å². The molecule has 4 rings (SSSR count). The maximum atomic E-state index is 13.6. The lowest BCUT2D eigenvalue weighted by molar-refractivity contribution is -0.143. The number of rotatable bonds is 3. The fourth-order valence-corrected chi connectivity index (χ4v) is 5.51. The minimum Gasteiger partial charge on any atom is -0.381 e. The number of nitrogens with zero attached hydrogens (tertiary/aromatic N) is 3. The molecule has 0 bridgehead atoms. The van der Waals surface area contributed by atoms with E-state index in [-0.39, 0.29) is 35.5 Å². The fourth-order valence-electron chi connectivity index (χ4n) is 5.51. The highest BCUT2D eigenvalue weighted by atomic mass is 16.5. The van der Waals surface area contributed by atoms with Gasteiger partial charge in [-0.25, -0.2) is 0 Å². The molecule has 0 N–H and O–H groups in total. The van der Waals surface area contributed by atoms with E-state index in [9.17, 15) is 14.4 Å². The molecule has 28 heavy (non-hydrogen) atoms. The Morgan fingerprint density at radius 1 is 0.929 bits per heavy atom. The molecule has 0 radical (unpaired) electrons. The van der Waals surface area contributed by atoms with E-state index in [1.54, 1.807) is 0 Å². The zero-order valence-electron chi connectivity index (χ0n) is 17.2. The van der Waals surface area contributed by atoms with Crippen LogP contribution in [0.3, 0.4) is 0 Å². The summed E-state index contributed by atoms with van der Waals surface area (Å²) in [5.41, 5.74) is -0.615. The van der Waals surface area contributed by atoms with Gasteiger partial charge in [0.05, 0.1) is 5.41 Å². The van der Waals surface area contributed by atoms with Crippen molar-refractivity contribution in [1.29, 1.82) is 0 Å². The van der Waals surface area contributed by atoms with Gasteiger partial charge >= 0.3 is 0 Å². The molecule has 0 spiro atoms. The average Bonchev–Trinajstić information content (AvgIpc) is 3.41. The van der Waals surface area contributed by atoms with Gasteiger partial charge in [0.2, 0.25) is 17.7 Å². The summed E-state index contributed by atoms with van der Waals surface area (Å²) >= 11 is 0. The Morgan fingerprint density at radius 2 is 1.54 bits per heavy atom. The average molecular weight is 392 g/mol. The minimum absolute atomic E-state index is 0.0138. The van der Waals surface area contributed by atoms with E-state index < -0.39 is 5.41 Å². The van der Waals surface area contributed by atoms with Gasteiger partial charge in [0.15, 0.2) is 0 Å². The molecule has 156 valence electrons. The summed E-state index contributed by atoms with van der Waals surface area (Å²) in [6.07, 6.45) is 3.63. The van der Waals surface area contributed by atoms with Crippen LogP contribution in [0.5, 0.6) is 0 Å². The fraction of sp³-hybridized carbons (Fsp3) is 0.857. The Morgan fingerprint density at radius 3 is 2.18 bits per heavy atom. The van der Waals surface area contributed by atoms with E-state index in [0.717, 1.165) is 38.8 Å². The van der Waals surface area contributed by atoms with E-state index in [4.69, 9.17) is 4.74 Å². The van der Waals surface area contributed by atoms with Gasteiger partial charge in [-0.1, -0.05) is 13.8 Å². The van der Waals surface area contributed by atoms with Crippen LogP contribution in [0.2, 0.25) is 0 Å². The molecule has 2 atom stereocenters. The second-order valence-electron chi connectivity index (χ2n) is 9.33. The van der Waals surface area contributed by atoms with Gasteiger partial charge in [-0.05, 0) is 25.7 Å². The number of carbonyl (C=O) groups excluding carboxylic acids is 3. The number of fused-ring (bicyclic) bond motifs is 1. The van der Waals surface area contributed by atoms with Crippen LogP contribution in [-0.2, 0) is 19.1 Å². The molecule has 7 heteroatoms. The van der Waals surface area contributed by atoms with Crippen LogP contribution in [0.1, 0.15) is 39.5 Å². The quantitative estimate of drug-likeness (QED) is 0.719. The van der Waals surface area contributed by atoms with E-state index >= 15 is 0 Å². The van der Waals surface area contributed by atoms with E-state index in [2.05, 4.69) is 0 Å². The molecule has 4 saturated heterocycles. The lowest BCUT2D eigenvalue weighted by atomic mass is 9.79. The van der Waals surface area contributed by atoms with Crippen molar-refractivity contribution in [3.8, 4) is 0 Å².